The number of benzene rings is 1. The van der Waals surface area contributed by atoms with Crippen LogP contribution in [0.1, 0.15) is 18.9 Å². The zero-order valence-electron chi connectivity index (χ0n) is 11.7. The summed E-state index contributed by atoms with van der Waals surface area (Å²) in [4.78, 5) is 0. The van der Waals surface area contributed by atoms with E-state index in [1.165, 1.54) is 5.56 Å². The molecule has 0 heterocycles. The fourth-order valence-electron chi connectivity index (χ4n) is 1.78. The first kappa shape index (κ1) is 16.0. The van der Waals surface area contributed by atoms with Crippen LogP contribution in [0.4, 0.5) is 5.69 Å². The molecular weight excluding hydrogens is 262 g/mol. The summed E-state index contributed by atoms with van der Waals surface area (Å²) in [6.45, 7) is 3.04. The zero-order valence-corrected chi connectivity index (χ0v) is 12.5. The fraction of sp³-hybridized carbons (Fsp3) is 0.571. The maximum absolute atomic E-state index is 11.4. The number of hydrogen-bond donors (Lipinski definition) is 1. The van der Waals surface area contributed by atoms with E-state index in [-0.39, 0.29) is 11.5 Å². The van der Waals surface area contributed by atoms with E-state index in [0.29, 0.717) is 19.6 Å². The Morgan fingerprint density at radius 1 is 1.26 bits per heavy atom. The smallest absolute Gasteiger partial charge is 0.150 e. The molecule has 0 atom stereocenters. The molecule has 1 aromatic rings. The molecule has 1 aromatic carbocycles. The Morgan fingerprint density at radius 2 is 2.00 bits per heavy atom. The summed E-state index contributed by atoms with van der Waals surface area (Å²) in [7, 11) is -1.17. The minimum absolute atomic E-state index is 0.220. The maximum Gasteiger partial charge on any atom is 0.150 e. The Balaban J connectivity index is 2.44. The summed E-state index contributed by atoms with van der Waals surface area (Å²) in [6.07, 6.45) is 1.49. The number of sulfone groups is 1. The molecule has 0 saturated heterocycles. The molecule has 5 heteroatoms. The highest BCUT2D eigenvalue weighted by Gasteiger charge is 2.06. The van der Waals surface area contributed by atoms with Crippen LogP contribution in [0.15, 0.2) is 24.3 Å². The van der Waals surface area contributed by atoms with Gasteiger partial charge in [-0.3, -0.25) is 0 Å². The van der Waals surface area contributed by atoms with Crippen LogP contribution in [-0.4, -0.2) is 40.2 Å². The second-order valence-corrected chi connectivity index (χ2v) is 6.89. The van der Waals surface area contributed by atoms with Crippen molar-refractivity contribution in [3.8, 4) is 0 Å². The monoisotopic (exact) mass is 285 g/mol. The van der Waals surface area contributed by atoms with Crippen molar-refractivity contribution in [3.63, 3.8) is 0 Å². The summed E-state index contributed by atoms with van der Waals surface area (Å²) in [6, 6.07) is 8.04. The van der Waals surface area contributed by atoms with Gasteiger partial charge in [-0.25, -0.2) is 8.42 Å². The third-order valence-corrected chi connectivity index (χ3v) is 4.77. The van der Waals surface area contributed by atoms with Crippen molar-refractivity contribution in [2.45, 2.75) is 19.8 Å². The SMILES string of the molecule is CCS(=O)(=O)CCCNc1ccccc1CCOC. The van der Waals surface area contributed by atoms with Crippen LogP contribution in [0.3, 0.4) is 0 Å². The van der Waals surface area contributed by atoms with Gasteiger partial charge in [0.15, 0.2) is 0 Å². The Kier molecular flexibility index (Phi) is 6.87. The predicted octanol–water partition coefficient (Wildman–Crippen LogP) is 2.11. The Labute approximate surface area is 116 Å². The van der Waals surface area contributed by atoms with Crippen molar-refractivity contribution in [2.24, 2.45) is 0 Å². The van der Waals surface area contributed by atoms with Gasteiger partial charge in [-0.2, -0.15) is 0 Å². The van der Waals surface area contributed by atoms with Crippen molar-refractivity contribution < 1.29 is 13.2 Å². The average Bonchev–Trinajstić information content (AvgIpc) is 2.42. The van der Waals surface area contributed by atoms with Crippen LogP contribution >= 0.6 is 0 Å². The van der Waals surface area contributed by atoms with Gasteiger partial charge >= 0.3 is 0 Å². The number of nitrogens with one attached hydrogen (secondary N) is 1. The second kappa shape index (κ2) is 8.17. The highest BCUT2D eigenvalue weighted by atomic mass is 32.2. The summed E-state index contributed by atoms with van der Waals surface area (Å²) in [5.41, 5.74) is 2.26. The Morgan fingerprint density at radius 3 is 2.68 bits per heavy atom. The number of anilines is 1. The molecule has 1 N–H and O–H groups in total. The number of para-hydroxylation sites is 1. The molecule has 0 spiro atoms. The van der Waals surface area contributed by atoms with E-state index < -0.39 is 9.84 Å². The van der Waals surface area contributed by atoms with Crippen LogP contribution in [0.25, 0.3) is 0 Å². The number of methoxy groups -OCH3 is 1. The van der Waals surface area contributed by atoms with Crippen LogP contribution in [0.2, 0.25) is 0 Å². The molecule has 0 radical (unpaired) electrons. The first-order chi connectivity index (χ1) is 9.09. The highest BCUT2D eigenvalue weighted by Crippen LogP contribution is 2.15. The lowest BCUT2D eigenvalue weighted by Gasteiger charge is -2.11. The largest absolute Gasteiger partial charge is 0.385 e. The van der Waals surface area contributed by atoms with Gasteiger partial charge in [0.1, 0.15) is 9.84 Å². The molecule has 1 rings (SSSR count). The van der Waals surface area contributed by atoms with Crippen molar-refractivity contribution in [2.75, 3.05) is 37.1 Å². The van der Waals surface area contributed by atoms with Crippen LogP contribution in [0, 0.1) is 0 Å². The molecule has 0 fully saturated rings. The first-order valence-electron chi connectivity index (χ1n) is 6.60. The van der Waals surface area contributed by atoms with Crippen molar-refractivity contribution in [1.82, 2.24) is 0 Å². The van der Waals surface area contributed by atoms with Gasteiger partial charge < -0.3 is 10.1 Å². The molecule has 108 valence electrons. The highest BCUT2D eigenvalue weighted by molar-refractivity contribution is 7.91. The molecule has 0 aromatic heterocycles. The van der Waals surface area contributed by atoms with Gasteiger partial charge in [-0.15, -0.1) is 0 Å². The molecule has 0 saturated carbocycles. The van der Waals surface area contributed by atoms with Crippen molar-refractivity contribution in [1.29, 1.82) is 0 Å². The third kappa shape index (κ3) is 6.07. The topological polar surface area (TPSA) is 55.4 Å². The van der Waals surface area contributed by atoms with Gasteiger partial charge in [-0.05, 0) is 24.5 Å². The van der Waals surface area contributed by atoms with Crippen molar-refractivity contribution in [3.05, 3.63) is 29.8 Å². The van der Waals surface area contributed by atoms with E-state index in [0.717, 1.165) is 12.1 Å². The van der Waals surface area contributed by atoms with Crippen LogP contribution in [0.5, 0.6) is 0 Å². The Bertz CT molecular complexity index is 471. The summed E-state index contributed by atoms with van der Waals surface area (Å²) in [5.74, 6) is 0.466. The lowest BCUT2D eigenvalue weighted by molar-refractivity contribution is 0.202. The van der Waals surface area contributed by atoms with Gasteiger partial charge in [0, 0.05) is 25.1 Å². The second-order valence-electron chi connectivity index (χ2n) is 4.42. The van der Waals surface area contributed by atoms with E-state index in [1.54, 1.807) is 14.0 Å². The van der Waals surface area contributed by atoms with E-state index >= 15 is 0 Å². The zero-order chi connectivity index (χ0) is 14.1. The van der Waals surface area contributed by atoms with E-state index in [1.807, 2.05) is 18.2 Å². The first-order valence-corrected chi connectivity index (χ1v) is 8.42. The molecule has 0 aliphatic rings. The summed E-state index contributed by atoms with van der Waals surface area (Å²) < 4.78 is 27.8. The molecule has 0 bridgehead atoms. The normalized spacial score (nSPS) is 11.5. The Hall–Kier alpha value is -1.07. The van der Waals surface area contributed by atoms with E-state index in [4.69, 9.17) is 4.74 Å². The average molecular weight is 285 g/mol. The standard InChI is InChI=1S/C14H23NO3S/c1-3-19(16,17)12-6-10-15-14-8-5-4-7-13(14)9-11-18-2/h4-5,7-8,15H,3,6,9-12H2,1-2H3. The van der Waals surface area contributed by atoms with Gasteiger partial charge in [0.05, 0.1) is 12.4 Å². The van der Waals surface area contributed by atoms with E-state index in [9.17, 15) is 8.42 Å². The third-order valence-electron chi connectivity index (χ3n) is 2.98. The lowest BCUT2D eigenvalue weighted by atomic mass is 10.1. The maximum atomic E-state index is 11.4. The molecule has 4 nitrogen and oxygen atoms in total. The lowest BCUT2D eigenvalue weighted by Crippen LogP contribution is -2.13. The van der Waals surface area contributed by atoms with Crippen molar-refractivity contribution >= 4 is 15.5 Å². The molecule has 0 unspecified atom stereocenters. The molecule has 0 aliphatic heterocycles. The number of hydrogen-bond acceptors (Lipinski definition) is 4. The van der Waals surface area contributed by atoms with E-state index in [2.05, 4.69) is 11.4 Å². The summed E-state index contributed by atoms with van der Waals surface area (Å²) >= 11 is 0. The fourth-order valence-corrected chi connectivity index (χ4v) is 2.66. The minimum atomic E-state index is -2.86. The van der Waals surface area contributed by atoms with Gasteiger partial charge in [0.2, 0.25) is 0 Å². The van der Waals surface area contributed by atoms with Crippen LogP contribution in [-0.2, 0) is 21.0 Å². The molecule has 0 aliphatic carbocycles. The molecular formula is C14H23NO3S. The molecule has 0 amide bonds. The molecule has 19 heavy (non-hydrogen) atoms. The number of rotatable bonds is 9. The minimum Gasteiger partial charge on any atom is -0.385 e. The predicted molar refractivity (Wildman–Crippen MR) is 79.5 cm³/mol. The summed E-state index contributed by atoms with van der Waals surface area (Å²) in [5, 5.41) is 3.30. The van der Waals surface area contributed by atoms with Gasteiger partial charge in [-0.1, -0.05) is 25.1 Å². The number of ether oxygens (including phenoxy) is 1. The van der Waals surface area contributed by atoms with Crippen LogP contribution < -0.4 is 5.32 Å². The van der Waals surface area contributed by atoms with Gasteiger partial charge in [0.25, 0.3) is 0 Å². The quantitative estimate of drug-likeness (QED) is 0.706.